The number of hydrogen-bond acceptors (Lipinski definition) is 7. The number of nitrogens with zero attached hydrogens (tertiary/aromatic N) is 4. The van der Waals surface area contributed by atoms with Crippen LogP contribution in [-0.2, 0) is 21.1 Å². The topological polar surface area (TPSA) is 106 Å². The zero-order valence-corrected chi connectivity index (χ0v) is 17.3. The van der Waals surface area contributed by atoms with Crippen molar-refractivity contribution in [3.8, 4) is 11.4 Å². The van der Waals surface area contributed by atoms with Crippen molar-refractivity contribution >= 4 is 21.4 Å². The van der Waals surface area contributed by atoms with Crippen LogP contribution in [0.5, 0.6) is 0 Å². The van der Waals surface area contributed by atoms with Crippen molar-refractivity contribution in [2.45, 2.75) is 37.6 Å². The third kappa shape index (κ3) is 5.05. The predicted molar refractivity (Wildman–Crippen MR) is 108 cm³/mol. The number of sulfone groups is 1. The Kier molecular flexibility index (Phi) is 6.07. The number of carbonyl (C=O) groups is 1. The van der Waals surface area contributed by atoms with Gasteiger partial charge >= 0.3 is 0 Å². The second-order valence-corrected chi connectivity index (χ2v) is 8.89. The molecule has 1 aromatic carbocycles. The largest absolute Gasteiger partial charge is 0.339 e. The molecule has 0 aliphatic rings. The summed E-state index contributed by atoms with van der Waals surface area (Å²) in [4.78, 5) is 23.0. The van der Waals surface area contributed by atoms with Gasteiger partial charge < -0.3 is 9.42 Å². The molecule has 0 spiro atoms. The van der Waals surface area contributed by atoms with E-state index in [1.54, 1.807) is 35.5 Å². The molecule has 2 aromatic heterocycles. The third-order valence-corrected chi connectivity index (χ3v) is 5.40. The first kappa shape index (κ1) is 20.7. The van der Waals surface area contributed by atoms with E-state index in [1.165, 1.54) is 12.1 Å². The molecule has 0 bridgehead atoms. The van der Waals surface area contributed by atoms with Gasteiger partial charge in [0.1, 0.15) is 0 Å². The first-order valence-electron chi connectivity index (χ1n) is 9.11. The quantitative estimate of drug-likeness (QED) is 0.585. The van der Waals surface area contributed by atoms with Crippen molar-refractivity contribution in [2.75, 3.05) is 11.2 Å². The summed E-state index contributed by atoms with van der Waals surface area (Å²) in [5.41, 5.74) is 1.38. The van der Waals surface area contributed by atoms with Gasteiger partial charge in [0.05, 0.1) is 4.90 Å². The fourth-order valence-electron chi connectivity index (χ4n) is 2.89. The van der Waals surface area contributed by atoms with E-state index in [4.69, 9.17) is 4.52 Å². The normalized spacial score (nSPS) is 11.6. The van der Waals surface area contributed by atoms with E-state index in [0.29, 0.717) is 23.8 Å². The molecule has 3 aromatic rings. The lowest BCUT2D eigenvalue weighted by atomic mass is 10.2. The lowest BCUT2D eigenvalue weighted by Crippen LogP contribution is -2.37. The van der Waals surface area contributed by atoms with Gasteiger partial charge in [0.25, 0.3) is 0 Å². The van der Waals surface area contributed by atoms with E-state index in [1.807, 2.05) is 19.9 Å². The highest BCUT2D eigenvalue weighted by Gasteiger charge is 2.21. The van der Waals surface area contributed by atoms with E-state index >= 15 is 0 Å². The molecular weight excluding hydrogens is 392 g/mol. The fourth-order valence-corrected chi connectivity index (χ4v) is 3.52. The Hall–Kier alpha value is -3.07. The number of aromatic nitrogens is 3. The second-order valence-electron chi connectivity index (χ2n) is 6.88. The summed E-state index contributed by atoms with van der Waals surface area (Å²) in [6.07, 6.45) is 4.93. The molecule has 29 heavy (non-hydrogen) atoms. The van der Waals surface area contributed by atoms with Crippen molar-refractivity contribution in [1.29, 1.82) is 0 Å². The third-order valence-electron chi connectivity index (χ3n) is 4.27. The molecule has 0 aliphatic heterocycles. The van der Waals surface area contributed by atoms with Crippen LogP contribution in [0.4, 0.5) is 5.69 Å². The van der Waals surface area contributed by atoms with Gasteiger partial charge in [0.2, 0.25) is 17.6 Å². The lowest BCUT2D eigenvalue weighted by Gasteiger charge is -2.27. The second kappa shape index (κ2) is 8.52. The summed E-state index contributed by atoms with van der Waals surface area (Å²) in [6.45, 7) is 3.80. The smallest absolute Gasteiger partial charge is 0.227 e. The fraction of sp³-hybridized carbons (Fsp3) is 0.300. The highest BCUT2D eigenvalue weighted by molar-refractivity contribution is 7.90. The number of aryl methyl sites for hydroxylation is 1. The molecule has 0 saturated carbocycles. The van der Waals surface area contributed by atoms with Crippen molar-refractivity contribution in [3.63, 3.8) is 0 Å². The lowest BCUT2D eigenvalue weighted by molar-refractivity contribution is -0.119. The summed E-state index contributed by atoms with van der Waals surface area (Å²) in [7, 11) is -3.29. The van der Waals surface area contributed by atoms with Gasteiger partial charge in [-0.05, 0) is 50.2 Å². The van der Waals surface area contributed by atoms with Crippen LogP contribution in [0.3, 0.4) is 0 Å². The number of anilines is 1. The van der Waals surface area contributed by atoms with Crippen LogP contribution in [0.15, 0.2) is 58.2 Å². The number of amides is 1. The molecule has 2 heterocycles. The van der Waals surface area contributed by atoms with E-state index < -0.39 is 9.84 Å². The SMILES string of the molecule is CC(C)N(C(=O)CCc1nc(-c2cccnc2)no1)c1ccc(S(C)(=O)=O)cc1. The molecule has 1 amide bonds. The van der Waals surface area contributed by atoms with Crippen LogP contribution in [0.1, 0.15) is 26.2 Å². The molecule has 0 atom stereocenters. The first-order valence-corrected chi connectivity index (χ1v) is 11.0. The van der Waals surface area contributed by atoms with Gasteiger partial charge in [-0.2, -0.15) is 4.98 Å². The predicted octanol–water partition coefficient (Wildman–Crippen LogP) is 2.91. The molecule has 0 saturated heterocycles. The average molecular weight is 414 g/mol. The van der Waals surface area contributed by atoms with Crippen molar-refractivity contribution in [3.05, 3.63) is 54.7 Å². The molecule has 3 rings (SSSR count). The Morgan fingerprint density at radius 3 is 2.48 bits per heavy atom. The molecule has 0 aliphatic carbocycles. The number of carbonyl (C=O) groups excluding carboxylic acids is 1. The van der Waals surface area contributed by atoms with Crippen LogP contribution in [-0.4, -0.2) is 41.7 Å². The first-order chi connectivity index (χ1) is 13.8. The summed E-state index contributed by atoms with van der Waals surface area (Å²) in [5, 5.41) is 3.93. The van der Waals surface area contributed by atoms with Crippen LogP contribution in [0.25, 0.3) is 11.4 Å². The monoisotopic (exact) mass is 414 g/mol. The van der Waals surface area contributed by atoms with Gasteiger partial charge in [0.15, 0.2) is 9.84 Å². The Labute approximate surface area is 169 Å². The number of pyridine rings is 1. The van der Waals surface area contributed by atoms with E-state index in [9.17, 15) is 13.2 Å². The average Bonchev–Trinajstić information content (AvgIpc) is 3.16. The maximum absolute atomic E-state index is 12.8. The minimum absolute atomic E-state index is 0.0970. The highest BCUT2D eigenvalue weighted by atomic mass is 32.2. The standard InChI is InChI=1S/C20H22N4O4S/c1-14(2)24(16-6-8-17(9-7-16)29(3,26)27)19(25)11-10-18-22-20(23-28-18)15-5-4-12-21-13-15/h4-9,12-14H,10-11H2,1-3H3. The minimum atomic E-state index is -3.29. The van der Waals surface area contributed by atoms with Crippen LogP contribution in [0.2, 0.25) is 0 Å². The maximum Gasteiger partial charge on any atom is 0.227 e. The minimum Gasteiger partial charge on any atom is -0.339 e. The summed E-state index contributed by atoms with van der Waals surface area (Å²) >= 11 is 0. The van der Waals surface area contributed by atoms with Crippen LogP contribution in [0, 0.1) is 0 Å². The molecule has 0 radical (unpaired) electrons. The van der Waals surface area contributed by atoms with E-state index in [-0.39, 0.29) is 23.3 Å². The molecule has 9 heteroatoms. The Bertz CT molecular complexity index is 1080. The zero-order chi connectivity index (χ0) is 21.0. The zero-order valence-electron chi connectivity index (χ0n) is 16.4. The van der Waals surface area contributed by atoms with Gasteiger partial charge in [-0.3, -0.25) is 9.78 Å². The van der Waals surface area contributed by atoms with Gasteiger partial charge in [-0.25, -0.2) is 8.42 Å². The van der Waals surface area contributed by atoms with E-state index in [0.717, 1.165) is 11.8 Å². The molecular formula is C20H22N4O4S. The maximum atomic E-state index is 12.8. The van der Waals surface area contributed by atoms with Crippen LogP contribution >= 0.6 is 0 Å². The summed E-state index contributed by atoms with van der Waals surface area (Å²) in [5.74, 6) is 0.680. The summed E-state index contributed by atoms with van der Waals surface area (Å²) in [6, 6.07) is 9.80. The molecule has 8 nitrogen and oxygen atoms in total. The van der Waals surface area contributed by atoms with Crippen molar-refractivity contribution in [2.24, 2.45) is 0 Å². The molecule has 152 valence electrons. The van der Waals surface area contributed by atoms with Gasteiger partial charge in [0, 0.05) is 48.8 Å². The Morgan fingerprint density at radius 1 is 1.17 bits per heavy atom. The Morgan fingerprint density at radius 2 is 1.90 bits per heavy atom. The van der Waals surface area contributed by atoms with E-state index in [2.05, 4.69) is 15.1 Å². The molecule has 0 N–H and O–H groups in total. The highest BCUT2D eigenvalue weighted by Crippen LogP contribution is 2.22. The van der Waals surface area contributed by atoms with Gasteiger partial charge in [-0.1, -0.05) is 5.16 Å². The molecule has 0 unspecified atom stereocenters. The number of hydrogen-bond donors (Lipinski definition) is 0. The number of benzene rings is 1. The van der Waals surface area contributed by atoms with Gasteiger partial charge in [-0.15, -0.1) is 0 Å². The summed E-state index contributed by atoms with van der Waals surface area (Å²) < 4.78 is 28.5. The molecule has 0 fully saturated rings. The van der Waals surface area contributed by atoms with Crippen molar-refractivity contribution in [1.82, 2.24) is 15.1 Å². The van der Waals surface area contributed by atoms with Crippen LogP contribution < -0.4 is 4.90 Å². The van der Waals surface area contributed by atoms with Crippen molar-refractivity contribution < 1.29 is 17.7 Å². The Balaban J connectivity index is 1.70. The number of rotatable bonds is 7.